The van der Waals surface area contributed by atoms with Crippen LogP contribution in [0, 0.1) is 10.6 Å². The molecule has 0 saturated carbocycles. The number of hydrogen-bond acceptors (Lipinski definition) is 5. The molecule has 45 heavy (non-hydrogen) atoms. The van der Waals surface area contributed by atoms with Gasteiger partial charge in [0, 0.05) is 57.2 Å². The molecule has 248 valence electrons. The molecule has 10 heteroatoms. The summed E-state index contributed by atoms with van der Waals surface area (Å²) in [7, 11) is -2.29. The van der Waals surface area contributed by atoms with Crippen LogP contribution in [0.3, 0.4) is 0 Å². The molecule has 4 heterocycles. The van der Waals surface area contributed by atoms with Gasteiger partial charge in [0.1, 0.15) is 6.10 Å². The Morgan fingerprint density at radius 3 is 2.11 bits per heavy atom. The van der Waals surface area contributed by atoms with Gasteiger partial charge in [0.2, 0.25) is 5.69 Å². The molecule has 1 spiro atoms. The predicted molar refractivity (Wildman–Crippen MR) is 167 cm³/mol. The summed E-state index contributed by atoms with van der Waals surface area (Å²) in [6.07, 6.45) is -1.40. The highest BCUT2D eigenvalue weighted by Crippen LogP contribution is 2.59. The predicted octanol–water partition coefficient (Wildman–Crippen LogP) is 8.39. The smallest absolute Gasteiger partial charge is 0.416 e. The summed E-state index contributed by atoms with van der Waals surface area (Å²) < 4.78 is 67.9. The molecular formula is C35H48F3NO5Si. The number of ether oxygens (including phenoxy) is 3. The first-order chi connectivity index (χ1) is 20.9. The van der Waals surface area contributed by atoms with Crippen molar-refractivity contribution in [3.63, 3.8) is 0 Å². The molecule has 2 unspecified atom stereocenters. The van der Waals surface area contributed by atoms with Gasteiger partial charge in [-0.2, -0.15) is 17.9 Å². The van der Waals surface area contributed by atoms with E-state index >= 15 is 0 Å². The van der Waals surface area contributed by atoms with Crippen molar-refractivity contribution in [2.75, 3.05) is 26.4 Å². The van der Waals surface area contributed by atoms with Crippen LogP contribution in [-0.4, -0.2) is 34.7 Å². The number of hydrogen-bond donors (Lipinski definition) is 0. The van der Waals surface area contributed by atoms with Crippen LogP contribution in [-0.2, 0) is 36.8 Å². The summed E-state index contributed by atoms with van der Waals surface area (Å²) in [6, 6.07) is 5.28. The number of rotatable bonds is 4. The average molecular weight is 648 g/mol. The Hall–Kier alpha value is -1.98. The number of benzene rings is 1. The first-order valence-corrected chi connectivity index (χ1v) is 19.4. The molecule has 0 radical (unpaired) electrons. The van der Waals surface area contributed by atoms with Gasteiger partial charge in [-0.25, -0.2) is 0 Å². The van der Waals surface area contributed by atoms with E-state index in [1.54, 1.807) is 0 Å². The van der Waals surface area contributed by atoms with Gasteiger partial charge in [-0.05, 0) is 60.5 Å². The molecule has 1 aromatic heterocycles. The lowest BCUT2D eigenvalue weighted by molar-refractivity contribution is -0.627. The normalized spacial score (nSPS) is 25.3. The lowest BCUT2D eigenvalue weighted by atomic mass is 9.69. The minimum Gasteiger partial charge on any atom is -0.618 e. The Morgan fingerprint density at radius 1 is 0.933 bits per heavy atom. The highest BCUT2D eigenvalue weighted by Gasteiger charge is 2.56. The lowest BCUT2D eigenvalue weighted by Gasteiger charge is -2.45. The third kappa shape index (κ3) is 5.87. The Morgan fingerprint density at radius 2 is 1.53 bits per heavy atom. The molecule has 2 saturated heterocycles. The van der Waals surface area contributed by atoms with Crippen molar-refractivity contribution in [1.82, 2.24) is 0 Å². The number of alkyl halides is 3. The summed E-state index contributed by atoms with van der Waals surface area (Å²) in [4.78, 5) is 0. The van der Waals surface area contributed by atoms with Gasteiger partial charge < -0.3 is 23.8 Å². The van der Waals surface area contributed by atoms with E-state index in [2.05, 4.69) is 47.7 Å². The van der Waals surface area contributed by atoms with E-state index in [0.29, 0.717) is 69.8 Å². The van der Waals surface area contributed by atoms with Crippen LogP contribution in [0.4, 0.5) is 13.2 Å². The number of fused-ring (bicyclic) bond motifs is 4. The fraction of sp³-hybridized carbons (Fsp3) is 0.686. The Balaban J connectivity index is 1.64. The summed E-state index contributed by atoms with van der Waals surface area (Å²) >= 11 is 0. The highest BCUT2D eigenvalue weighted by atomic mass is 28.4. The topological polar surface area (TPSA) is 63.9 Å². The van der Waals surface area contributed by atoms with E-state index in [9.17, 15) is 18.4 Å². The maximum Gasteiger partial charge on any atom is 0.416 e. The lowest BCUT2D eigenvalue weighted by Crippen LogP contribution is -2.50. The zero-order valence-corrected chi connectivity index (χ0v) is 28.7. The molecule has 2 aromatic rings. The van der Waals surface area contributed by atoms with Crippen molar-refractivity contribution >= 4 is 8.32 Å². The van der Waals surface area contributed by atoms with Crippen LogP contribution in [0.2, 0.25) is 18.1 Å². The van der Waals surface area contributed by atoms with Crippen LogP contribution in [0.5, 0.6) is 0 Å². The molecule has 0 amide bonds. The Labute approximate surface area is 266 Å². The van der Waals surface area contributed by atoms with Gasteiger partial charge in [-0.3, -0.25) is 0 Å². The van der Waals surface area contributed by atoms with Crippen LogP contribution in [0.1, 0.15) is 124 Å². The van der Waals surface area contributed by atoms with Crippen LogP contribution >= 0.6 is 0 Å². The minimum atomic E-state index is -4.44. The highest BCUT2D eigenvalue weighted by molar-refractivity contribution is 6.74. The second kappa shape index (κ2) is 11.3. The molecule has 1 aliphatic carbocycles. The molecule has 0 N–H and O–H groups in total. The van der Waals surface area contributed by atoms with Crippen molar-refractivity contribution in [3.8, 4) is 0 Å². The van der Waals surface area contributed by atoms with Crippen molar-refractivity contribution < 1.29 is 36.5 Å². The van der Waals surface area contributed by atoms with Gasteiger partial charge >= 0.3 is 6.18 Å². The second-order valence-corrected chi connectivity index (χ2v) is 20.6. The van der Waals surface area contributed by atoms with Crippen molar-refractivity contribution in [3.05, 3.63) is 68.7 Å². The molecular weight excluding hydrogens is 599 g/mol. The summed E-state index contributed by atoms with van der Waals surface area (Å²) in [6.45, 7) is 17.7. The van der Waals surface area contributed by atoms with Crippen LogP contribution < -0.4 is 4.73 Å². The summed E-state index contributed by atoms with van der Waals surface area (Å²) in [5.74, 6) is -0.0457. The van der Waals surface area contributed by atoms with Gasteiger partial charge in [-0.15, -0.1) is 0 Å². The SMILES string of the molecule is CC1(C)Cc2c(c3c(c(C4CCOCC4)[n+]2[O-])C(c2ccc(C(F)(F)F)cc2)OC32CCOCC2)C(O[Si](C)(C)C(C)(C)C)C1. The van der Waals surface area contributed by atoms with Crippen LogP contribution in [0.25, 0.3) is 0 Å². The number of aromatic nitrogens is 1. The van der Waals surface area contributed by atoms with E-state index in [1.807, 2.05) is 0 Å². The number of pyridine rings is 1. The van der Waals surface area contributed by atoms with E-state index in [-0.39, 0.29) is 22.5 Å². The fourth-order valence-electron chi connectivity index (χ4n) is 7.66. The standard InChI is InChI=1S/C35H48F3NO5Si/c1-32(2,3)45(6,7)44-26-21-33(4,5)20-25-27(26)29-28(30(39(25)40)22-12-16-41-17-13-22)31(43-34(29)14-18-42-19-15-34)23-8-10-24(11-9-23)35(36,37)38/h8-11,22,26,31H,12-21H2,1-7H3. The monoisotopic (exact) mass is 647 g/mol. The van der Waals surface area contributed by atoms with Crippen molar-refractivity contribution in [2.45, 2.75) is 121 Å². The van der Waals surface area contributed by atoms with Gasteiger partial charge in [0.25, 0.3) is 0 Å². The number of nitrogens with zero attached hydrogens (tertiary/aromatic N) is 1. The van der Waals surface area contributed by atoms with E-state index in [0.717, 1.165) is 40.9 Å². The quantitative estimate of drug-likeness (QED) is 0.190. The molecule has 2 atom stereocenters. The molecule has 1 aromatic carbocycles. The second-order valence-electron chi connectivity index (χ2n) is 15.9. The molecule has 6 nitrogen and oxygen atoms in total. The molecule has 0 bridgehead atoms. The van der Waals surface area contributed by atoms with Gasteiger partial charge in [-0.1, -0.05) is 46.8 Å². The van der Waals surface area contributed by atoms with E-state index < -0.39 is 31.8 Å². The zero-order valence-electron chi connectivity index (χ0n) is 27.7. The maximum atomic E-state index is 14.9. The minimum absolute atomic E-state index is 0.0387. The molecule has 2 fully saturated rings. The largest absolute Gasteiger partial charge is 0.618 e. The van der Waals surface area contributed by atoms with Gasteiger partial charge in [0.05, 0.1) is 28.4 Å². The zero-order chi connectivity index (χ0) is 32.6. The van der Waals surface area contributed by atoms with Gasteiger partial charge in [0.15, 0.2) is 14.0 Å². The Bertz CT molecular complexity index is 1420. The first kappa shape index (κ1) is 32.9. The maximum absolute atomic E-state index is 14.9. The molecule has 3 aliphatic heterocycles. The Kier molecular flexibility index (Phi) is 8.29. The van der Waals surface area contributed by atoms with Crippen LogP contribution in [0.15, 0.2) is 24.3 Å². The number of halogens is 3. The van der Waals surface area contributed by atoms with Crippen molar-refractivity contribution in [2.24, 2.45) is 5.41 Å². The average Bonchev–Trinajstić information content (AvgIpc) is 3.26. The van der Waals surface area contributed by atoms with Crippen molar-refractivity contribution in [1.29, 1.82) is 0 Å². The fourth-order valence-corrected chi connectivity index (χ4v) is 8.93. The third-order valence-electron chi connectivity index (χ3n) is 11.0. The summed E-state index contributed by atoms with van der Waals surface area (Å²) in [5, 5.41) is 14.9. The van der Waals surface area contributed by atoms with E-state index in [1.165, 1.54) is 16.9 Å². The first-order valence-electron chi connectivity index (χ1n) is 16.4. The third-order valence-corrected chi connectivity index (χ3v) is 15.5. The van der Waals surface area contributed by atoms with E-state index in [4.69, 9.17) is 18.6 Å². The molecule has 6 rings (SSSR count). The summed E-state index contributed by atoms with van der Waals surface area (Å²) in [5.41, 5.74) is 3.32. The molecule has 4 aliphatic rings.